The lowest BCUT2D eigenvalue weighted by Gasteiger charge is -2.12. The van der Waals surface area contributed by atoms with Crippen LogP contribution in [0.1, 0.15) is 13.8 Å². The van der Waals surface area contributed by atoms with Crippen molar-refractivity contribution in [2.75, 3.05) is 13.2 Å². The van der Waals surface area contributed by atoms with Crippen LogP contribution in [-0.4, -0.2) is 43.7 Å². The molecular weight excluding hydrogens is 180 g/mol. The topological polar surface area (TPSA) is 21.2 Å². The van der Waals surface area contributed by atoms with Crippen LogP contribution in [0.2, 0.25) is 0 Å². The van der Waals surface area contributed by atoms with Crippen molar-refractivity contribution in [1.82, 2.24) is 0 Å². The molecule has 0 bridgehead atoms. The fourth-order valence-electron chi connectivity index (χ4n) is 0.419. The second kappa shape index (κ2) is 7.64. The molecule has 55 valence electrons. The van der Waals surface area contributed by atoms with Gasteiger partial charge in [-0.25, -0.2) is 0 Å². The zero-order valence-corrected chi connectivity index (χ0v) is 9.14. The molecule has 0 aliphatic carbocycles. The molecule has 10 heavy (non-hydrogen) atoms. The lowest BCUT2D eigenvalue weighted by atomic mass is 10.8. The first kappa shape index (κ1) is 10.5. The minimum atomic E-state index is 0.0771. The first-order chi connectivity index (χ1) is 4.85. The van der Waals surface area contributed by atoms with E-state index in [9.17, 15) is 0 Å². The maximum atomic E-state index is 5.10. The highest BCUT2D eigenvalue weighted by Gasteiger charge is 2.13. The van der Waals surface area contributed by atoms with Gasteiger partial charge >= 0.3 is 20.0 Å². The van der Waals surface area contributed by atoms with Gasteiger partial charge in [-0.15, -0.1) is 0 Å². The molecule has 0 unspecified atom stereocenters. The van der Waals surface area contributed by atoms with Crippen LogP contribution in [0.4, 0.5) is 0 Å². The van der Waals surface area contributed by atoms with E-state index < -0.39 is 0 Å². The van der Waals surface area contributed by atoms with Crippen LogP contribution in [0.3, 0.4) is 0 Å². The zero-order chi connectivity index (χ0) is 7.82. The molecule has 0 aromatic carbocycles. The summed E-state index contributed by atoms with van der Waals surface area (Å²) in [4.78, 5) is 0. The van der Waals surface area contributed by atoms with Gasteiger partial charge in [0.1, 0.15) is 13.2 Å². The van der Waals surface area contributed by atoms with E-state index in [-0.39, 0.29) is 10.0 Å². The summed E-state index contributed by atoms with van der Waals surface area (Å²) >= 11 is 0. The van der Waals surface area contributed by atoms with E-state index in [1.165, 1.54) is 0 Å². The number of rotatable bonds is 6. The van der Waals surface area contributed by atoms with Gasteiger partial charge in [0.25, 0.3) is 0 Å². The van der Waals surface area contributed by atoms with Crippen molar-refractivity contribution < 1.29 is 12.3 Å². The van der Waals surface area contributed by atoms with Crippen molar-refractivity contribution in [3.8, 4) is 0 Å². The number of hydrogen-bond acceptors (Lipinski definition) is 2. The van der Waals surface area contributed by atoms with Crippen LogP contribution < -0.4 is 0 Å². The Morgan fingerprint density at radius 1 is 1.40 bits per heavy atom. The summed E-state index contributed by atoms with van der Waals surface area (Å²) < 4.78 is 12.6. The highest BCUT2D eigenvalue weighted by Crippen LogP contribution is 1.90. The van der Waals surface area contributed by atoms with Gasteiger partial charge in [0, 0.05) is 13.8 Å². The summed E-state index contributed by atoms with van der Waals surface area (Å²) in [5.41, 5.74) is 0. The third kappa shape index (κ3) is 5.33. The molecule has 0 aromatic heterocycles. The van der Waals surface area contributed by atoms with Crippen LogP contribution in [0, 0.1) is 0 Å². The lowest BCUT2D eigenvalue weighted by Crippen LogP contribution is -2.23. The largest absolute Gasteiger partial charge is 0.751 e. The maximum Gasteiger partial charge on any atom is 0.751 e. The third-order valence-corrected chi connectivity index (χ3v) is 2.75. The average Bonchev–Trinajstić information content (AvgIpc) is 1.99. The number of hydrogen-bond donors (Lipinski definition) is 0. The van der Waals surface area contributed by atoms with E-state index in [1.54, 1.807) is 0 Å². The molecule has 0 amide bonds. The van der Waals surface area contributed by atoms with Gasteiger partial charge in [-0.05, 0) is 0 Å². The van der Waals surface area contributed by atoms with Gasteiger partial charge in [-0.2, -0.15) is 0 Å². The lowest BCUT2D eigenvalue weighted by molar-refractivity contribution is 0.0126. The molecule has 0 fully saturated rings. The first-order valence-electron chi connectivity index (χ1n) is 3.01. The quantitative estimate of drug-likeness (QED) is 0.328. The molecule has 0 rings (SSSR count). The molecule has 7 radical (unpaired) electrons. The second-order valence-corrected chi connectivity index (χ2v) is 3.98. The van der Waals surface area contributed by atoms with E-state index in [0.29, 0.717) is 10.0 Å². The molecule has 0 aliphatic heterocycles. The van der Waals surface area contributed by atoms with Gasteiger partial charge in [0.2, 0.25) is 10.5 Å². The maximum absolute atomic E-state index is 5.10. The van der Waals surface area contributed by atoms with Gasteiger partial charge < -0.3 is 12.3 Å². The zero-order valence-electron chi connectivity index (χ0n) is 6.14. The van der Waals surface area contributed by atoms with Gasteiger partial charge in [-0.1, -0.05) is 0 Å². The summed E-state index contributed by atoms with van der Waals surface area (Å²) in [5, 5.41) is 0. The molecule has 3 nitrogen and oxygen atoms in total. The van der Waals surface area contributed by atoms with Crippen LogP contribution in [0.25, 0.3) is 0 Å². The van der Waals surface area contributed by atoms with Crippen molar-refractivity contribution >= 4 is 30.5 Å². The van der Waals surface area contributed by atoms with Crippen LogP contribution in [0.15, 0.2) is 0 Å². The summed E-state index contributed by atoms with van der Waals surface area (Å²) in [6, 6.07) is 0. The first-order valence-corrected chi connectivity index (χ1v) is 5.05. The molecule has 0 saturated carbocycles. The highest BCUT2D eigenvalue weighted by atomic mass is 28.4. The van der Waals surface area contributed by atoms with Crippen LogP contribution >= 0.6 is 0 Å². The molecule has 0 aromatic rings. The third-order valence-electron chi connectivity index (χ3n) is 0.940. The Bertz CT molecular complexity index is 68.8. The Labute approximate surface area is 70.4 Å². The van der Waals surface area contributed by atoms with Gasteiger partial charge in [-0.3, -0.25) is 0 Å². The van der Waals surface area contributed by atoms with E-state index in [4.69, 9.17) is 4.12 Å². The van der Waals surface area contributed by atoms with Gasteiger partial charge in [0.05, 0.1) is 0 Å². The molecule has 0 atom stereocenters. The van der Waals surface area contributed by atoms with Crippen molar-refractivity contribution in [2.45, 2.75) is 13.8 Å². The van der Waals surface area contributed by atoms with Crippen LogP contribution in [0.5, 0.6) is 0 Å². The molecule has 0 saturated heterocycles. The predicted molar refractivity (Wildman–Crippen MR) is 41.6 cm³/mol. The minimum Gasteiger partial charge on any atom is -0.491 e. The summed E-state index contributed by atoms with van der Waals surface area (Å²) in [6.45, 7) is 6.03. The molecular formula is C4H10O3Si3+. The normalized spacial score (nSPS) is 10.8. The summed E-state index contributed by atoms with van der Waals surface area (Å²) in [5.74, 6) is 0. The van der Waals surface area contributed by atoms with Crippen molar-refractivity contribution in [2.24, 2.45) is 0 Å². The van der Waals surface area contributed by atoms with Crippen molar-refractivity contribution in [3.63, 3.8) is 0 Å². The standard InChI is InChI=1S/C4H10O3Si3/c1-3-7(4-2)10-6-9-5-8/h3-4H2,1-2H3/q+1. The van der Waals surface area contributed by atoms with E-state index in [1.807, 2.05) is 0 Å². The Morgan fingerprint density at radius 3 is 2.40 bits per heavy atom. The highest BCUT2D eigenvalue weighted by molar-refractivity contribution is 6.38. The van der Waals surface area contributed by atoms with Crippen LogP contribution in [-0.2, 0) is 12.3 Å². The summed E-state index contributed by atoms with van der Waals surface area (Å²) in [7, 11) is 3.26. The summed E-state index contributed by atoms with van der Waals surface area (Å²) in [6.07, 6.45) is 0. The minimum absolute atomic E-state index is 0.0771. The fraction of sp³-hybridized carbons (Fsp3) is 1.00. The molecule has 6 heteroatoms. The SMILES string of the molecule is CC[O+](CC)[Si]O[Si]O[Si]. The molecule has 0 heterocycles. The fourth-order valence-corrected chi connectivity index (χ4v) is 1.80. The monoisotopic (exact) mass is 190 g/mol. The molecule has 0 N–H and O–H groups in total. The predicted octanol–water partition coefficient (Wildman–Crippen LogP) is -0.236. The Kier molecular flexibility index (Phi) is 8.04. The smallest absolute Gasteiger partial charge is 0.491 e. The Morgan fingerprint density at radius 2 is 2.00 bits per heavy atom. The Hall–Kier alpha value is 0.531. The van der Waals surface area contributed by atoms with Gasteiger partial charge in [0.15, 0.2) is 0 Å². The Balaban J connectivity index is 3.09. The van der Waals surface area contributed by atoms with Crippen molar-refractivity contribution in [1.29, 1.82) is 0 Å². The van der Waals surface area contributed by atoms with E-state index in [0.717, 1.165) is 13.2 Å². The van der Waals surface area contributed by atoms with Crippen molar-refractivity contribution in [3.05, 3.63) is 0 Å². The average molecular weight is 190 g/mol. The van der Waals surface area contributed by atoms with E-state index >= 15 is 0 Å². The molecule has 0 aliphatic rings. The van der Waals surface area contributed by atoms with E-state index in [2.05, 4.69) is 32.5 Å². The molecule has 0 spiro atoms. The second-order valence-electron chi connectivity index (χ2n) is 1.44.